The van der Waals surface area contributed by atoms with E-state index >= 15 is 0 Å². The second-order valence-electron chi connectivity index (χ2n) is 5.81. The maximum absolute atomic E-state index is 5.14. The van der Waals surface area contributed by atoms with Crippen molar-refractivity contribution in [2.24, 2.45) is 10.9 Å². The summed E-state index contributed by atoms with van der Waals surface area (Å²) in [5.74, 6) is 0.839. The van der Waals surface area contributed by atoms with Crippen LogP contribution in [-0.4, -0.2) is 11.3 Å². The van der Waals surface area contributed by atoms with Gasteiger partial charge < -0.3 is 0 Å². The molecule has 3 rings (SSSR count). The topological polar surface area (TPSA) is 12.4 Å². The van der Waals surface area contributed by atoms with Crippen LogP contribution in [0, 0.1) is 5.92 Å². The van der Waals surface area contributed by atoms with Gasteiger partial charge in [-0.25, -0.2) is 0 Å². The zero-order valence-corrected chi connectivity index (χ0v) is 10.9. The number of benzene rings is 1. The molecule has 0 spiro atoms. The van der Waals surface area contributed by atoms with Gasteiger partial charge in [-0.2, -0.15) is 0 Å². The van der Waals surface area contributed by atoms with Crippen LogP contribution in [0.1, 0.15) is 44.1 Å². The van der Waals surface area contributed by atoms with Crippen LogP contribution in [-0.2, 0) is 0 Å². The van der Waals surface area contributed by atoms with Gasteiger partial charge in [0, 0.05) is 5.71 Å². The van der Waals surface area contributed by atoms with Crippen LogP contribution in [0.5, 0.6) is 0 Å². The standard InChI is InChI=1S/C17H21N/c1-2-10-17-11-6-7-14(13-17)12-16(18-17)15-8-4-3-5-9-15/h2-5,8-9,14H,1,6-7,10-13H2. The van der Waals surface area contributed by atoms with Gasteiger partial charge in [0.1, 0.15) is 0 Å². The summed E-state index contributed by atoms with van der Waals surface area (Å²) in [5, 5.41) is 0. The van der Waals surface area contributed by atoms with Crippen molar-refractivity contribution in [2.75, 3.05) is 0 Å². The molecule has 0 saturated heterocycles. The molecule has 1 saturated carbocycles. The van der Waals surface area contributed by atoms with E-state index in [0.717, 1.165) is 12.3 Å². The number of hydrogen-bond donors (Lipinski definition) is 0. The van der Waals surface area contributed by atoms with Crippen molar-refractivity contribution < 1.29 is 0 Å². The van der Waals surface area contributed by atoms with E-state index in [1.807, 2.05) is 0 Å². The van der Waals surface area contributed by atoms with Crippen molar-refractivity contribution in [3.8, 4) is 0 Å². The van der Waals surface area contributed by atoms with Crippen LogP contribution in [0.15, 0.2) is 48.0 Å². The maximum Gasteiger partial charge on any atom is 0.0648 e. The van der Waals surface area contributed by atoms with Crippen molar-refractivity contribution >= 4 is 5.71 Å². The van der Waals surface area contributed by atoms with Crippen LogP contribution in [0.2, 0.25) is 0 Å². The van der Waals surface area contributed by atoms with E-state index in [1.165, 1.54) is 43.4 Å². The van der Waals surface area contributed by atoms with E-state index in [2.05, 4.69) is 43.0 Å². The average Bonchev–Trinajstić information content (AvgIpc) is 2.39. The molecule has 0 aromatic heterocycles. The van der Waals surface area contributed by atoms with Crippen LogP contribution < -0.4 is 0 Å². The molecule has 0 radical (unpaired) electrons. The number of aliphatic imine (C=N–C) groups is 1. The van der Waals surface area contributed by atoms with E-state index in [-0.39, 0.29) is 5.54 Å². The minimum Gasteiger partial charge on any atom is -0.282 e. The molecule has 0 amide bonds. The monoisotopic (exact) mass is 239 g/mol. The van der Waals surface area contributed by atoms with Crippen LogP contribution >= 0.6 is 0 Å². The van der Waals surface area contributed by atoms with E-state index in [0.29, 0.717) is 0 Å². The Morgan fingerprint density at radius 1 is 1.33 bits per heavy atom. The first kappa shape index (κ1) is 11.7. The zero-order valence-electron chi connectivity index (χ0n) is 10.9. The summed E-state index contributed by atoms with van der Waals surface area (Å²) in [7, 11) is 0. The number of fused-ring (bicyclic) bond motifs is 2. The summed E-state index contributed by atoms with van der Waals surface area (Å²) in [6.07, 6.45) is 9.50. The predicted octanol–water partition coefficient (Wildman–Crippen LogP) is 4.38. The molecular weight excluding hydrogens is 218 g/mol. The highest BCUT2D eigenvalue weighted by molar-refractivity contribution is 6.01. The molecule has 1 aromatic carbocycles. The summed E-state index contributed by atoms with van der Waals surface area (Å²) in [6, 6.07) is 10.7. The molecule has 2 atom stereocenters. The Hall–Kier alpha value is -1.37. The Bertz CT molecular complexity index is 460. The Morgan fingerprint density at radius 3 is 2.94 bits per heavy atom. The lowest BCUT2D eigenvalue weighted by atomic mass is 9.70. The predicted molar refractivity (Wildman–Crippen MR) is 77.1 cm³/mol. The Kier molecular flexibility index (Phi) is 3.07. The quantitative estimate of drug-likeness (QED) is 0.694. The van der Waals surface area contributed by atoms with Crippen molar-refractivity contribution in [1.82, 2.24) is 0 Å². The fraction of sp³-hybridized carbons (Fsp3) is 0.471. The largest absolute Gasteiger partial charge is 0.282 e. The molecule has 2 unspecified atom stereocenters. The maximum atomic E-state index is 5.14. The third-order valence-electron chi connectivity index (χ3n) is 4.41. The van der Waals surface area contributed by atoms with E-state index in [9.17, 15) is 0 Å². The number of nitrogens with zero attached hydrogens (tertiary/aromatic N) is 1. The lowest BCUT2D eigenvalue weighted by Gasteiger charge is -2.42. The highest BCUT2D eigenvalue weighted by Crippen LogP contribution is 2.43. The molecular formula is C17H21N. The summed E-state index contributed by atoms with van der Waals surface area (Å²) in [5.41, 5.74) is 2.82. The Balaban J connectivity index is 1.97. The van der Waals surface area contributed by atoms with Crippen LogP contribution in [0.3, 0.4) is 0 Å². The first-order valence-corrected chi connectivity index (χ1v) is 7.06. The molecule has 1 nitrogen and oxygen atoms in total. The summed E-state index contributed by atoms with van der Waals surface area (Å²) in [4.78, 5) is 5.14. The minimum absolute atomic E-state index is 0.175. The van der Waals surface area contributed by atoms with Gasteiger partial charge in [0.2, 0.25) is 0 Å². The molecule has 1 aliphatic heterocycles. The van der Waals surface area contributed by atoms with E-state index in [1.54, 1.807) is 0 Å². The van der Waals surface area contributed by atoms with Gasteiger partial charge in [-0.3, -0.25) is 4.99 Å². The molecule has 2 aliphatic rings. The first-order chi connectivity index (χ1) is 8.81. The third kappa shape index (κ3) is 2.14. The summed E-state index contributed by atoms with van der Waals surface area (Å²) >= 11 is 0. The van der Waals surface area contributed by atoms with E-state index in [4.69, 9.17) is 4.99 Å². The molecule has 1 fully saturated rings. The second kappa shape index (κ2) is 4.72. The Morgan fingerprint density at radius 2 is 2.17 bits per heavy atom. The minimum atomic E-state index is 0.175. The highest BCUT2D eigenvalue weighted by atomic mass is 14.9. The van der Waals surface area contributed by atoms with Crippen molar-refractivity contribution in [3.63, 3.8) is 0 Å². The van der Waals surface area contributed by atoms with E-state index < -0.39 is 0 Å². The number of rotatable bonds is 3. The van der Waals surface area contributed by atoms with Crippen LogP contribution in [0.25, 0.3) is 0 Å². The molecule has 2 bridgehead atoms. The van der Waals surface area contributed by atoms with Crippen molar-refractivity contribution in [1.29, 1.82) is 0 Å². The first-order valence-electron chi connectivity index (χ1n) is 7.06. The molecule has 18 heavy (non-hydrogen) atoms. The SMILES string of the molecule is C=CCC12CCCC(CC(c3ccccc3)=N1)C2. The van der Waals surface area contributed by atoms with Gasteiger partial charge >= 0.3 is 0 Å². The fourth-order valence-corrected chi connectivity index (χ4v) is 3.66. The molecule has 94 valence electrons. The van der Waals surface area contributed by atoms with Gasteiger partial charge in [-0.1, -0.05) is 42.8 Å². The smallest absolute Gasteiger partial charge is 0.0648 e. The van der Waals surface area contributed by atoms with Crippen LogP contribution in [0.4, 0.5) is 0 Å². The van der Waals surface area contributed by atoms with Crippen molar-refractivity contribution in [2.45, 2.75) is 44.1 Å². The lowest BCUT2D eigenvalue weighted by molar-refractivity contribution is 0.218. The molecule has 1 heterocycles. The molecule has 1 aliphatic carbocycles. The van der Waals surface area contributed by atoms with Gasteiger partial charge in [0.05, 0.1) is 5.54 Å². The normalized spacial score (nSPS) is 30.7. The second-order valence-corrected chi connectivity index (χ2v) is 5.81. The summed E-state index contributed by atoms with van der Waals surface area (Å²) in [6.45, 7) is 3.93. The molecule has 0 N–H and O–H groups in total. The fourth-order valence-electron chi connectivity index (χ4n) is 3.66. The lowest BCUT2D eigenvalue weighted by Crippen LogP contribution is -2.39. The van der Waals surface area contributed by atoms with Gasteiger partial charge in [0.25, 0.3) is 0 Å². The average molecular weight is 239 g/mol. The molecule has 1 heteroatoms. The van der Waals surface area contributed by atoms with Gasteiger partial charge in [-0.05, 0) is 43.6 Å². The third-order valence-corrected chi connectivity index (χ3v) is 4.41. The Labute approximate surface area is 110 Å². The zero-order chi connectivity index (χ0) is 12.4. The highest BCUT2D eigenvalue weighted by Gasteiger charge is 2.39. The summed E-state index contributed by atoms with van der Waals surface area (Å²) < 4.78 is 0. The van der Waals surface area contributed by atoms with Gasteiger partial charge in [-0.15, -0.1) is 6.58 Å². The number of hydrogen-bond acceptors (Lipinski definition) is 1. The van der Waals surface area contributed by atoms with Gasteiger partial charge in [0.15, 0.2) is 0 Å². The molecule has 1 aromatic rings. The van der Waals surface area contributed by atoms with Crippen molar-refractivity contribution in [3.05, 3.63) is 48.6 Å².